The van der Waals surface area contributed by atoms with Crippen molar-refractivity contribution in [3.8, 4) is 0 Å². The first-order chi connectivity index (χ1) is 15.4. The molecule has 32 heavy (non-hydrogen) atoms. The summed E-state index contributed by atoms with van der Waals surface area (Å²) in [6.07, 6.45) is 3.96. The fraction of sp³-hybridized carbons (Fsp3) is 0.600. The van der Waals surface area contributed by atoms with Crippen LogP contribution in [0.3, 0.4) is 0 Å². The number of aromatic nitrogens is 1. The molecular formula is C25H29NO6. The summed E-state index contributed by atoms with van der Waals surface area (Å²) in [6.45, 7) is 6.24. The third-order valence-electron chi connectivity index (χ3n) is 8.15. The molecule has 7 nitrogen and oxygen atoms in total. The first-order valence-electron chi connectivity index (χ1n) is 11.7. The van der Waals surface area contributed by atoms with E-state index in [1.165, 1.54) is 0 Å². The molecule has 170 valence electrons. The van der Waals surface area contributed by atoms with Gasteiger partial charge >= 0.3 is 5.97 Å². The Hall–Kier alpha value is -2.06. The van der Waals surface area contributed by atoms with E-state index in [0.29, 0.717) is 11.5 Å². The maximum atomic E-state index is 13.0. The lowest BCUT2D eigenvalue weighted by atomic mass is 9.58. The smallest absolute Gasteiger partial charge is 0.342 e. The molecule has 5 aliphatic rings. The van der Waals surface area contributed by atoms with Crippen molar-refractivity contribution in [1.82, 2.24) is 4.98 Å². The van der Waals surface area contributed by atoms with Crippen LogP contribution in [0, 0.1) is 23.7 Å². The lowest BCUT2D eigenvalue weighted by molar-refractivity contribution is -0.576. The van der Waals surface area contributed by atoms with Gasteiger partial charge in [-0.3, -0.25) is 4.98 Å². The molecule has 0 amide bonds. The monoisotopic (exact) mass is 439 g/mol. The zero-order valence-corrected chi connectivity index (χ0v) is 18.7. The number of pyridine rings is 1. The molecule has 1 spiro atoms. The molecule has 1 aromatic carbocycles. The van der Waals surface area contributed by atoms with Gasteiger partial charge in [0, 0.05) is 29.8 Å². The predicted octanol–water partition coefficient (Wildman–Crippen LogP) is 4.60. The lowest BCUT2D eigenvalue weighted by Crippen LogP contribution is -2.70. The molecule has 1 saturated carbocycles. The van der Waals surface area contributed by atoms with E-state index < -0.39 is 29.9 Å². The zero-order chi connectivity index (χ0) is 22.1. The van der Waals surface area contributed by atoms with Gasteiger partial charge in [-0.15, -0.1) is 0 Å². The van der Waals surface area contributed by atoms with Crippen LogP contribution in [0.1, 0.15) is 56.8 Å². The maximum Gasteiger partial charge on any atom is 0.342 e. The first-order valence-corrected chi connectivity index (χ1v) is 11.7. The molecule has 4 saturated heterocycles. The summed E-state index contributed by atoms with van der Waals surface area (Å²) in [5.74, 6) is -0.487. The Morgan fingerprint density at radius 2 is 1.97 bits per heavy atom. The number of nitrogens with zero attached hydrogens (tertiary/aromatic N) is 1. The quantitative estimate of drug-likeness (QED) is 0.500. The van der Waals surface area contributed by atoms with Crippen molar-refractivity contribution in [2.75, 3.05) is 0 Å². The fourth-order valence-corrected chi connectivity index (χ4v) is 6.36. The Kier molecular flexibility index (Phi) is 4.63. The van der Waals surface area contributed by atoms with Crippen molar-refractivity contribution in [2.45, 2.75) is 70.4 Å². The van der Waals surface area contributed by atoms with Gasteiger partial charge in [-0.1, -0.05) is 32.0 Å². The average Bonchev–Trinajstić information content (AvgIpc) is 3.03. The van der Waals surface area contributed by atoms with E-state index >= 15 is 0 Å². The first kappa shape index (κ1) is 20.5. The van der Waals surface area contributed by atoms with Gasteiger partial charge in [0.2, 0.25) is 12.1 Å². The topological polar surface area (TPSA) is 76.1 Å². The van der Waals surface area contributed by atoms with Crippen LogP contribution in [0.4, 0.5) is 0 Å². The Balaban J connectivity index is 1.29. The van der Waals surface area contributed by atoms with Crippen LogP contribution in [-0.2, 0) is 24.0 Å². The van der Waals surface area contributed by atoms with Crippen molar-refractivity contribution >= 4 is 16.9 Å². The van der Waals surface area contributed by atoms with Gasteiger partial charge in [-0.05, 0) is 50.2 Å². The number of para-hydroxylation sites is 1. The summed E-state index contributed by atoms with van der Waals surface area (Å²) >= 11 is 0. The summed E-state index contributed by atoms with van der Waals surface area (Å²) in [6, 6.07) is 9.50. The predicted molar refractivity (Wildman–Crippen MR) is 114 cm³/mol. The minimum Gasteiger partial charge on any atom is -0.432 e. The van der Waals surface area contributed by atoms with Gasteiger partial charge in [0.1, 0.15) is 0 Å². The van der Waals surface area contributed by atoms with Crippen LogP contribution >= 0.6 is 0 Å². The molecule has 1 aliphatic carbocycles. The van der Waals surface area contributed by atoms with Gasteiger partial charge in [-0.2, -0.15) is 0 Å². The number of benzene rings is 1. The third-order valence-corrected chi connectivity index (χ3v) is 8.15. The second-order valence-electron chi connectivity index (χ2n) is 10.1. The normalized spacial score (nSPS) is 42.8. The van der Waals surface area contributed by atoms with Crippen LogP contribution in [0.15, 0.2) is 36.5 Å². The van der Waals surface area contributed by atoms with Crippen LogP contribution in [0.5, 0.6) is 0 Å². The van der Waals surface area contributed by atoms with Crippen LogP contribution in [0.2, 0.25) is 0 Å². The van der Waals surface area contributed by atoms with Gasteiger partial charge < -0.3 is 14.2 Å². The zero-order valence-electron chi connectivity index (χ0n) is 18.7. The molecule has 0 N–H and O–H groups in total. The van der Waals surface area contributed by atoms with E-state index in [0.717, 1.165) is 36.6 Å². The highest BCUT2D eigenvalue weighted by Crippen LogP contribution is 2.60. The van der Waals surface area contributed by atoms with Gasteiger partial charge in [0.05, 0.1) is 11.1 Å². The van der Waals surface area contributed by atoms with Crippen molar-refractivity contribution in [3.63, 3.8) is 0 Å². The molecule has 5 heterocycles. The summed E-state index contributed by atoms with van der Waals surface area (Å²) < 4.78 is 18.6. The second-order valence-corrected chi connectivity index (χ2v) is 10.1. The Morgan fingerprint density at radius 1 is 1.12 bits per heavy atom. The van der Waals surface area contributed by atoms with Crippen molar-refractivity contribution in [3.05, 3.63) is 42.1 Å². The van der Waals surface area contributed by atoms with E-state index in [9.17, 15) is 4.79 Å². The SMILES string of the molecule is C[C@H]1[C@@H](OC(=O)c2cnc3ccccc3c2)O[C@@H]2O[C@]3(C)CC[C@H]4[C@H](C)CC[C@@H]1[C@@]24OO3. The van der Waals surface area contributed by atoms with Crippen LogP contribution in [-0.4, -0.2) is 34.9 Å². The summed E-state index contributed by atoms with van der Waals surface area (Å²) in [4.78, 5) is 29.4. The number of ether oxygens (including phenoxy) is 3. The molecule has 7 heteroatoms. The molecule has 0 unspecified atom stereocenters. The van der Waals surface area contributed by atoms with Crippen molar-refractivity contribution in [2.24, 2.45) is 23.7 Å². The van der Waals surface area contributed by atoms with E-state index in [2.05, 4.69) is 18.8 Å². The minimum atomic E-state index is -0.852. The Labute approximate surface area is 187 Å². The highest BCUT2D eigenvalue weighted by atomic mass is 17.3. The molecular weight excluding hydrogens is 410 g/mol. The van der Waals surface area contributed by atoms with Crippen LogP contribution < -0.4 is 0 Å². The molecule has 4 aliphatic heterocycles. The lowest BCUT2D eigenvalue weighted by Gasteiger charge is -2.59. The number of rotatable bonds is 2. The number of hydrogen-bond donors (Lipinski definition) is 0. The molecule has 0 radical (unpaired) electrons. The van der Waals surface area contributed by atoms with Gasteiger partial charge in [-0.25, -0.2) is 14.6 Å². The van der Waals surface area contributed by atoms with Gasteiger partial charge in [0.15, 0.2) is 11.9 Å². The Morgan fingerprint density at radius 3 is 2.84 bits per heavy atom. The largest absolute Gasteiger partial charge is 0.432 e. The molecule has 1 aromatic heterocycles. The second kappa shape index (κ2) is 7.22. The third kappa shape index (κ3) is 2.95. The van der Waals surface area contributed by atoms with E-state index in [-0.39, 0.29) is 17.8 Å². The minimum absolute atomic E-state index is 0.0618. The Bertz CT molecular complexity index is 1060. The molecule has 7 rings (SSSR count). The summed E-state index contributed by atoms with van der Waals surface area (Å²) in [5.41, 5.74) is 0.578. The number of hydrogen-bond acceptors (Lipinski definition) is 7. The van der Waals surface area contributed by atoms with Crippen LogP contribution in [0.25, 0.3) is 10.9 Å². The van der Waals surface area contributed by atoms with E-state index in [1.807, 2.05) is 31.2 Å². The molecule has 5 fully saturated rings. The number of carbonyl (C=O) groups excluding carboxylic acids is 1. The standard InChI is InChI=1S/C25H29NO6/c1-14-8-9-19-15(2)22(28-21(27)17-12-16-6-4-5-7-20(16)26-13-17)29-23-25(19)18(14)10-11-24(3,30-23)31-32-25/h4-7,12-15,18-19,22-23H,8-11H2,1-3H3/t14-,15-,18+,19+,22+,23-,24+,25-/m1/s1. The maximum absolute atomic E-state index is 13.0. The van der Waals surface area contributed by atoms with E-state index in [1.54, 1.807) is 12.3 Å². The van der Waals surface area contributed by atoms with Crippen molar-refractivity contribution < 1.29 is 28.8 Å². The number of carbonyl (C=O) groups is 1. The highest BCUT2D eigenvalue weighted by Gasteiger charge is 2.69. The number of fused-ring (bicyclic) bond motifs is 3. The highest BCUT2D eigenvalue weighted by molar-refractivity contribution is 5.93. The fourth-order valence-electron chi connectivity index (χ4n) is 6.36. The van der Waals surface area contributed by atoms with Gasteiger partial charge in [0.25, 0.3) is 0 Å². The molecule has 2 bridgehead atoms. The number of esters is 1. The average molecular weight is 440 g/mol. The summed E-state index contributed by atoms with van der Waals surface area (Å²) in [7, 11) is 0. The molecule has 2 aromatic rings. The van der Waals surface area contributed by atoms with E-state index in [4.69, 9.17) is 24.0 Å². The van der Waals surface area contributed by atoms with Crippen molar-refractivity contribution in [1.29, 1.82) is 0 Å². The summed E-state index contributed by atoms with van der Waals surface area (Å²) in [5, 5.41) is 0.894. The molecule has 8 atom stereocenters.